The van der Waals surface area contributed by atoms with Crippen LogP contribution in [-0.2, 0) is 9.53 Å². The van der Waals surface area contributed by atoms with Crippen molar-refractivity contribution in [1.29, 1.82) is 0 Å². The zero-order chi connectivity index (χ0) is 12.0. The van der Waals surface area contributed by atoms with Crippen LogP contribution in [0.15, 0.2) is 0 Å². The van der Waals surface area contributed by atoms with Crippen molar-refractivity contribution in [2.75, 3.05) is 26.3 Å². The maximum atomic E-state index is 12.1. The van der Waals surface area contributed by atoms with E-state index in [9.17, 15) is 4.79 Å². The third kappa shape index (κ3) is 4.10. The van der Waals surface area contributed by atoms with Crippen LogP contribution in [0.3, 0.4) is 0 Å². The minimum atomic E-state index is 0.194. The molecule has 0 saturated carbocycles. The summed E-state index contributed by atoms with van der Waals surface area (Å²) < 4.78 is 5.35. The second kappa shape index (κ2) is 6.86. The van der Waals surface area contributed by atoms with Crippen molar-refractivity contribution in [3.05, 3.63) is 0 Å². The highest BCUT2D eigenvalue weighted by Crippen LogP contribution is 2.07. The standard InChI is InChI=1S/C12H24N2O2/c1-4-6-14(10(2)3)12(15)8-11-9-16-7-5-13-11/h10-11,13H,4-9H2,1-3H3. The van der Waals surface area contributed by atoms with Gasteiger partial charge in [-0.05, 0) is 20.3 Å². The Balaban J connectivity index is 2.40. The van der Waals surface area contributed by atoms with Gasteiger partial charge in [0.25, 0.3) is 0 Å². The van der Waals surface area contributed by atoms with Gasteiger partial charge in [-0.1, -0.05) is 6.92 Å². The van der Waals surface area contributed by atoms with E-state index in [1.54, 1.807) is 0 Å². The lowest BCUT2D eigenvalue weighted by molar-refractivity contribution is -0.134. The van der Waals surface area contributed by atoms with Crippen LogP contribution in [-0.4, -0.2) is 49.2 Å². The molecule has 1 amide bonds. The molecule has 1 atom stereocenters. The van der Waals surface area contributed by atoms with Gasteiger partial charge in [0.2, 0.25) is 5.91 Å². The fourth-order valence-corrected chi connectivity index (χ4v) is 1.99. The topological polar surface area (TPSA) is 41.6 Å². The highest BCUT2D eigenvalue weighted by Gasteiger charge is 2.22. The average Bonchev–Trinajstić information content (AvgIpc) is 2.26. The number of carbonyl (C=O) groups excluding carboxylic acids is 1. The Morgan fingerprint density at radius 1 is 1.56 bits per heavy atom. The van der Waals surface area contributed by atoms with E-state index in [0.29, 0.717) is 13.0 Å². The molecule has 0 bridgehead atoms. The molecule has 1 unspecified atom stereocenters. The van der Waals surface area contributed by atoms with E-state index in [1.165, 1.54) is 0 Å². The van der Waals surface area contributed by atoms with Crippen molar-refractivity contribution in [2.45, 2.75) is 45.7 Å². The van der Waals surface area contributed by atoms with Crippen molar-refractivity contribution < 1.29 is 9.53 Å². The van der Waals surface area contributed by atoms with Gasteiger partial charge in [0.1, 0.15) is 0 Å². The van der Waals surface area contributed by atoms with Gasteiger partial charge in [-0.2, -0.15) is 0 Å². The number of rotatable bonds is 5. The molecule has 0 radical (unpaired) electrons. The number of amides is 1. The van der Waals surface area contributed by atoms with Gasteiger partial charge < -0.3 is 15.0 Å². The summed E-state index contributed by atoms with van der Waals surface area (Å²) in [5.41, 5.74) is 0. The normalized spacial score (nSPS) is 21.1. The Morgan fingerprint density at radius 3 is 2.81 bits per heavy atom. The Kier molecular flexibility index (Phi) is 5.77. The number of nitrogens with zero attached hydrogens (tertiary/aromatic N) is 1. The molecule has 1 rings (SSSR count). The summed E-state index contributed by atoms with van der Waals surface area (Å²) in [6.07, 6.45) is 1.57. The molecule has 16 heavy (non-hydrogen) atoms. The summed E-state index contributed by atoms with van der Waals surface area (Å²) in [4.78, 5) is 14.0. The molecule has 0 aromatic carbocycles. The number of ether oxygens (including phenoxy) is 1. The van der Waals surface area contributed by atoms with E-state index in [2.05, 4.69) is 26.1 Å². The summed E-state index contributed by atoms with van der Waals surface area (Å²) in [7, 11) is 0. The lowest BCUT2D eigenvalue weighted by atomic mass is 10.1. The van der Waals surface area contributed by atoms with E-state index in [-0.39, 0.29) is 18.0 Å². The predicted octanol–water partition coefficient (Wildman–Crippen LogP) is 1.01. The summed E-state index contributed by atoms with van der Waals surface area (Å²) in [5, 5.41) is 3.31. The van der Waals surface area contributed by atoms with Gasteiger partial charge in [0.15, 0.2) is 0 Å². The van der Waals surface area contributed by atoms with Crippen LogP contribution in [0, 0.1) is 0 Å². The van der Waals surface area contributed by atoms with Gasteiger partial charge >= 0.3 is 0 Å². The Hall–Kier alpha value is -0.610. The average molecular weight is 228 g/mol. The molecular weight excluding hydrogens is 204 g/mol. The lowest BCUT2D eigenvalue weighted by Crippen LogP contribution is -2.46. The molecule has 1 aliphatic rings. The van der Waals surface area contributed by atoms with Crippen LogP contribution in [0.25, 0.3) is 0 Å². The molecule has 0 aromatic rings. The van der Waals surface area contributed by atoms with Crippen LogP contribution < -0.4 is 5.32 Å². The van der Waals surface area contributed by atoms with Gasteiger partial charge in [-0.25, -0.2) is 0 Å². The maximum Gasteiger partial charge on any atom is 0.224 e. The van der Waals surface area contributed by atoms with Crippen molar-refractivity contribution in [2.24, 2.45) is 0 Å². The largest absolute Gasteiger partial charge is 0.378 e. The van der Waals surface area contributed by atoms with Crippen molar-refractivity contribution in [3.8, 4) is 0 Å². The van der Waals surface area contributed by atoms with Gasteiger partial charge in [-0.3, -0.25) is 4.79 Å². The van der Waals surface area contributed by atoms with E-state index in [4.69, 9.17) is 4.74 Å². The number of nitrogens with one attached hydrogen (secondary N) is 1. The number of hydrogen-bond acceptors (Lipinski definition) is 3. The molecular formula is C12H24N2O2. The second-order valence-electron chi connectivity index (χ2n) is 4.61. The zero-order valence-corrected chi connectivity index (χ0v) is 10.7. The smallest absolute Gasteiger partial charge is 0.224 e. The van der Waals surface area contributed by atoms with Crippen LogP contribution in [0.1, 0.15) is 33.6 Å². The quantitative estimate of drug-likeness (QED) is 0.763. The van der Waals surface area contributed by atoms with Crippen molar-refractivity contribution >= 4 is 5.91 Å². The van der Waals surface area contributed by atoms with Crippen LogP contribution in [0.5, 0.6) is 0 Å². The molecule has 1 N–H and O–H groups in total. The maximum absolute atomic E-state index is 12.1. The monoisotopic (exact) mass is 228 g/mol. The van der Waals surface area contributed by atoms with Gasteiger partial charge in [0, 0.05) is 31.6 Å². The minimum Gasteiger partial charge on any atom is -0.378 e. The van der Waals surface area contributed by atoms with Gasteiger partial charge in [0.05, 0.1) is 13.2 Å². The Labute approximate surface area is 98.3 Å². The number of morpholine rings is 1. The summed E-state index contributed by atoms with van der Waals surface area (Å²) in [6.45, 7) is 9.36. The first-order valence-electron chi connectivity index (χ1n) is 6.25. The van der Waals surface area contributed by atoms with Crippen LogP contribution in [0.2, 0.25) is 0 Å². The SMILES string of the molecule is CCCN(C(=O)CC1COCCN1)C(C)C. The lowest BCUT2D eigenvalue weighted by Gasteiger charge is -2.30. The fourth-order valence-electron chi connectivity index (χ4n) is 1.99. The molecule has 4 nitrogen and oxygen atoms in total. The van der Waals surface area contributed by atoms with E-state index in [1.807, 2.05) is 4.90 Å². The second-order valence-corrected chi connectivity index (χ2v) is 4.61. The first-order chi connectivity index (χ1) is 7.65. The van der Waals surface area contributed by atoms with E-state index < -0.39 is 0 Å². The molecule has 1 saturated heterocycles. The molecule has 1 aliphatic heterocycles. The fraction of sp³-hybridized carbons (Fsp3) is 0.917. The first kappa shape index (κ1) is 13.5. The molecule has 0 aromatic heterocycles. The number of hydrogen-bond donors (Lipinski definition) is 1. The molecule has 94 valence electrons. The molecule has 1 fully saturated rings. The van der Waals surface area contributed by atoms with E-state index >= 15 is 0 Å². The molecule has 4 heteroatoms. The predicted molar refractivity (Wildman–Crippen MR) is 64.4 cm³/mol. The molecule has 1 heterocycles. The Bertz CT molecular complexity index is 213. The third-order valence-electron chi connectivity index (χ3n) is 2.83. The van der Waals surface area contributed by atoms with Crippen LogP contribution in [0.4, 0.5) is 0 Å². The van der Waals surface area contributed by atoms with Crippen molar-refractivity contribution in [3.63, 3.8) is 0 Å². The van der Waals surface area contributed by atoms with Crippen molar-refractivity contribution in [1.82, 2.24) is 10.2 Å². The Morgan fingerprint density at radius 2 is 2.31 bits per heavy atom. The minimum absolute atomic E-state index is 0.194. The van der Waals surface area contributed by atoms with Crippen LogP contribution >= 0.6 is 0 Å². The zero-order valence-electron chi connectivity index (χ0n) is 10.7. The summed E-state index contributed by atoms with van der Waals surface area (Å²) in [6, 6.07) is 0.483. The highest BCUT2D eigenvalue weighted by molar-refractivity contribution is 5.77. The summed E-state index contributed by atoms with van der Waals surface area (Å²) >= 11 is 0. The third-order valence-corrected chi connectivity index (χ3v) is 2.83. The van der Waals surface area contributed by atoms with Gasteiger partial charge in [-0.15, -0.1) is 0 Å². The number of carbonyl (C=O) groups is 1. The highest BCUT2D eigenvalue weighted by atomic mass is 16.5. The molecule has 0 spiro atoms. The summed E-state index contributed by atoms with van der Waals surface area (Å²) in [5.74, 6) is 0.236. The molecule has 0 aliphatic carbocycles. The first-order valence-corrected chi connectivity index (χ1v) is 6.25. The van der Waals surface area contributed by atoms with E-state index in [0.717, 1.165) is 26.1 Å².